The monoisotopic (exact) mass is 952 g/mol. The molecule has 0 aliphatic rings. The molecule has 6 N–H and O–H groups in total. The maximum Gasteiger partial charge on any atom is 0.326 e. The van der Waals surface area contributed by atoms with Crippen LogP contribution >= 0.6 is 0 Å². The normalized spacial score (nSPS) is 12.1. The first-order valence-corrected chi connectivity index (χ1v) is 23.6. The van der Waals surface area contributed by atoms with Gasteiger partial charge in [-0.1, -0.05) is 64.2 Å². The van der Waals surface area contributed by atoms with E-state index in [9.17, 15) is 38.7 Å². The van der Waals surface area contributed by atoms with E-state index < -0.39 is 30.0 Å². The molecule has 66 heavy (non-hydrogen) atoms. The zero-order valence-electron chi connectivity index (χ0n) is 39.2. The van der Waals surface area contributed by atoms with Crippen LogP contribution in [0.2, 0.25) is 0 Å². The predicted molar refractivity (Wildman–Crippen MR) is 240 cm³/mol. The van der Waals surface area contributed by atoms with Crippen LogP contribution in [-0.2, 0) is 71.5 Å². The van der Waals surface area contributed by atoms with Gasteiger partial charge in [0.05, 0.1) is 106 Å². The number of carbonyl (C=O) groups is 7. The molecule has 0 aliphatic carbocycles. The van der Waals surface area contributed by atoms with E-state index in [1.807, 2.05) is 0 Å². The van der Waals surface area contributed by atoms with E-state index >= 15 is 0 Å². The third kappa shape index (κ3) is 45.3. The molecule has 0 rings (SSSR count). The van der Waals surface area contributed by atoms with Gasteiger partial charge in [0.15, 0.2) is 0 Å². The molecular weight excluding hydrogens is 870 g/mol. The minimum Gasteiger partial charge on any atom is -0.481 e. The number of aldehydes is 1. The van der Waals surface area contributed by atoms with Crippen molar-refractivity contribution in [1.29, 1.82) is 0 Å². The highest BCUT2D eigenvalue weighted by Gasteiger charge is 2.22. The van der Waals surface area contributed by atoms with Gasteiger partial charge in [0.2, 0.25) is 17.7 Å². The summed E-state index contributed by atoms with van der Waals surface area (Å²) in [6, 6.07) is -2.33. The van der Waals surface area contributed by atoms with Crippen LogP contribution in [0.25, 0.3) is 0 Å². The van der Waals surface area contributed by atoms with Crippen molar-refractivity contribution in [2.24, 2.45) is 0 Å². The topological polar surface area (TPSA) is 290 Å². The first-order valence-electron chi connectivity index (χ1n) is 23.6. The lowest BCUT2D eigenvalue weighted by Gasteiger charge is -2.14. The number of nitrogens with one attached hydrogen (secondary N) is 3. The molecule has 0 aromatic heterocycles. The number of hydrogen-bond donors (Lipinski definition) is 6. The number of aliphatic carboxylic acids is 3. The summed E-state index contributed by atoms with van der Waals surface area (Å²) in [4.78, 5) is 80.3. The van der Waals surface area contributed by atoms with Gasteiger partial charge in [0.1, 0.15) is 18.4 Å². The lowest BCUT2D eigenvalue weighted by Crippen LogP contribution is -2.41. The summed E-state index contributed by atoms with van der Waals surface area (Å²) < 4.78 is 43.2. The number of carboxylic acids is 3. The van der Waals surface area contributed by atoms with E-state index in [-0.39, 0.29) is 69.4 Å². The minimum atomic E-state index is -1.24. The quantitative estimate of drug-likeness (QED) is 0.0377. The Morgan fingerprint density at radius 2 is 0.682 bits per heavy atom. The van der Waals surface area contributed by atoms with Crippen LogP contribution in [0.1, 0.15) is 122 Å². The van der Waals surface area contributed by atoms with Crippen molar-refractivity contribution in [3.63, 3.8) is 0 Å². The molecule has 0 aromatic carbocycles. The van der Waals surface area contributed by atoms with Crippen molar-refractivity contribution in [2.45, 2.75) is 134 Å². The van der Waals surface area contributed by atoms with Gasteiger partial charge in [-0.3, -0.25) is 19.2 Å². The van der Waals surface area contributed by atoms with Gasteiger partial charge >= 0.3 is 17.9 Å². The maximum atomic E-state index is 12.4. The average Bonchev–Trinajstić information content (AvgIpc) is 3.28. The highest BCUT2D eigenvalue weighted by Crippen LogP contribution is 2.13. The fraction of sp³-hybridized carbons (Fsp3) is 0.844. The van der Waals surface area contributed by atoms with Gasteiger partial charge < -0.3 is 74.0 Å². The predicted octanol–water partition coefficient (Wildman–Crippen LogP) is 3.07. The van der Waals surface area contributed by atoms with Gasteiger partial charge in [0, 0.05) is 38.6 Å². The van der Waals surface area contributed by atoms with Crippen molar-refractivity contribution < 1.29 is 86.8 Å². The SMILES string of the molecule is O=CCCOCCOCCOCCOCCOCCOCCOCCOCCNC(=O)CC[C@H](NC(=O)CCCCCCCCCCCCCCC(=O)N[C@@H](CCC(=O)O)C(=O)O)C(=O)O. The highest BCUT2D eigenvalue weighted by molar-refractivity contribution is 5.85. The third-order valence-electron chi connectivity index (χ3n) is 9.68. The summed E-state index contributed by atoms with van der Waals surface area (Å²) in [6.45, 7) is 6.96. The molecule has 0 bridgehead atoms. The molecule has 21 nitrogen and oxygen atoms in total. The Morgan fingerprint density at radius 3 is 1.00 bits per heavy atom. The summed E-state index contributed by atoms with van der Waals surface area (Å²) in [5.41, 5.74) is 0. The zero-order chi connectivity index (χ0) is 48.6. The van der Waals surface area contributed by atoms with Gasteiger partial charge in [-0.05, 0) is 25.7 Å². The lowest BCUT2D eigenvalue weighted by atomic mass is 10.0. The van der Waals surface area contributed by atoms with Crippen molar-refractivity contribution >= 4 is 41.9 Å². The van der Waals surface area contributed by atoms with E-state index in [0.717, 1.165) is 70.5 Å². The molecule has 384 valence electrons. The molecule has 0 unspecified atom stereocenters. The maximum absolute atomic E-state index is 12.4. The van der Waals surface area contributed by atoms with Crippen molar-refractivity contribution in [3.8, 4) is 0 Å². The Hall–Kier alpha value is -3.83. The standard InChI is InChI=1S/C45H81N3O18/c49-21-13-22-59-24-26-61-28-30-63-32-34-65-36-37-66-35-33-64-31-29-62-27-25-60-23-20-46-40(50)18-16-38(44(55)56)47-41(51)14-11-9-7-5-3-1-2-4-6-8-10-12-15-42(52)48-39(45(57)58)17-19-43(53)54/h21,38-39H,1-20,22-37H2,(H,46,50)(H,47,51)(H,48,52)(H,53,54)(H,55,56)(H,57,58)/t38-,39-/m0/s1. The van der Waals surface area contributed by atoms with Crippen LogP contribution in [0.3, 0.4) is 0 Å². The first kappa shape index (κ1) is 62.2. The fourth-order valence-corrected chi connectivity index (χ4v) is 6.05. The van der Waals surface area contributed by atoms with Crippen molar-refractivity contribution in [2.75, 3.05) is 112 Å². The molecule has 21 heteroatoms. The van der Waals surface area contributed by atoms with Crippen molar-refractivity contribution in [1.82, 2.24) is 16.0 Å². The second-order valence-corrected chi connectivity index (χ2v) is 15.3. The van der Waals surface area contributed by atoms with Gasteiger partial charge in [-0.25, -0.2) is 9.59 Å². The minimum absolute atomic E-state index is 0.0218. The molecule has 0 saturated heterocycles. The van der Waals surface area contributed by atoms with Crippen LogP contribution in [0.4, 0.5) is 0 Å². The van der Waals surface area contributed by atoms with Crippen LogP contribution in [0.15, 0.2) is 0 Å². The Balaban J connectivity index is 3.58. The van der Waals surface area contributed by atoms with Crippen LogP contribution < -0.4 is 16.0 Å². The highest BCUT2D eigenvalue weighted by atomic mass is 16.6. The second kappa shape index (κ2) is 47.7. The molecule has 0 spiro atoms. The Morgan fingerprint density at radius 1 is 0.379 bits per heavy atom. The Labute approximate surface area is 390 Å². The summed E-state index contributed by atoms with van der Waals surface area (Å²) in [5.74, 6) is -4.58. The summed E-state index contributed by atoms with van der Waals surface area (Å²) in [5, 5.41) is 35.0. The van der Waals surface area contributed by atoms with E-state index in [2.05, 4.69) is 16.0 Å². The van der Waals surface area contributed by atoms with E-state index in [1.54, 1.807) is 0 Å². The van der Waals surface area contributed by atoms with Gasteiger partial charge in [-0.2, -0.15) is 0 Å². The molecule has 0 saturated carbocycles. The average molecular weight is 952 g/mol. The number of carbonyl (C=O) groups excluding carboxylic acids is 4. The molecule has 0 radical (unpaired) electrons. The number of rotatable bonds is 52. The largest absolute Gasteiger partial charge is 0.481 e. The summed E-state index contributed by atoms with van der Waals surface area (Å²) >= 11 is 0. The molecular formula is C45H81N3O18. The smallest absolute Gasteiger partial charge is 0.326 e. The summed E-state index contributed by atoms with van der Waals surface area (Å²) in [6.07, 6.45) is 12.6. The molecule has 0 heterocycles. The molecule has 0 aromatic rings. The number of carboxylic acid groups (broad SMARTS) is 3. The Kier molecular flexibility index (Phi) is 44.9. The molecule has 0 aliphatic heterocycles. The van der Waals surface area contributed by atoms with Crippen LogP contribution in [-0.4, -0.2) is 182 Å². The number of ether oxygens (including phenoxy) is 8. The van der Waals surface area contributed by atoms with Crippen LogP contribution in [0, 0.1) is 0 Å². The van der Waals surface area contributed by atoms with Gasteiger partial charge in [0.25, 0.3) is 0 Å². The van der Waals surface area contributed by atoms with E-state index in [0.29, 0.717) is 118 Å². The lowest BCUT2D eigenvalue weighted by molar-refractivity contribution is -0.143. The molecule has 3 amide bonds. The van der Waals surface area contributed by atoms with Crippen molar-refractivity contribution in [3.05, 3.63) is 0 Å². The number of hydrogen-bond acceptors (Lipinski definition) is 15. The zero-order valence-corrected chi connectivity index (χ0v) is 39.2. The third-order valence-corrected chi connectivity index (χ3v) is 9.68. The van der Waals surface area contributed by atoms with Gasteiger partial charge in [-0.15, -0.1) is 0 Å². The molecule has 2 atom stereocenters. The molecule has 0 fully saturated rings. The summed E-state index contributed by atoms with van der Waals surface area (Å²) in [7, 11) is 0. The van der Waals surface area contributed by atoms with Crippen LogP contribution in [0.5, 0.6) is 0 Å². The van der Waals surface area contributed by atoms with E-state index in [4.69, 9.17) is 48.1 Å². The second-order valence-electron chi connectivity index (χ2n) is 15.3. The Bertz CT molecular complexity index is 1250. The number of unbranched alkanes of at least 4 members (excludes halogenated alkanes) is 11. The fourth-order valence-electron chi connectivity index (χ4n) is 6.05. The number of amides is 3. The first-order chi connectivity index (χ1) is 32.1. The van der Waals surface area contributed by atoms with E-state index in [1.165, 1.54) is 0 Å².